The van der Waals surface area contributed by atoms with Gasteiger partial charge in [0.15, 0.2) is 0 Å². The van der Waals surface area contributed by atoms with Crippen molar-refractivity contribution in [2.45, 2.75) is 82.3 Å². The van der Waals surface area contributed by atoms with Crippen molar-refractivity contribution in [3.8, 4) is 11.8 Å². The maximum atomic E-state index is 14.0. The predicted octanol–water partition coefficient (Wildman–Crippen LogP) is 5.84. The van der Waals surface area contributed by atoms with Crippen molar-refractivity contribution in [1.29, 1.82) is 5.26 Å². The summed E-state index contributed by atoms with van der Waals surface area (Å²) in [6, 6.07) is 10.00. The summed E-state index contributed by atoms with van der Waals surface area (Å²) >= 11 is 0. The topological polar surface area (TPSA) is 124 Å². The molecule has 9 nitrogen and oxygen atoms in total. The van der Waals surface area contributed by atoms with Gasteiger partial charge in [0.1, 0.15) is 5.75 Å². The molecule has 2 aliphatic rings. The van der Waals surface area contributed by atoms with Crippen molar-refractivity contribution >= 4 is 17.8 Å². The summed E-state index contributed by atoms with van der Waals surface area (Å²) < 4.78 is 47.1. The van der Waals surface area contributed by atoms with Gasteiger partial charge in [0, 0.05) is 50.1 Å². The van der Waals surface area contributed by atoms with Gasteiger partial charge in [-0.2, -0.15) is 18.4 Å². The number of para-hydroxylation sites is 1. The number of carboxylic acid groups (broad SMARTS) is 1. The second-order valence-electron chi connectivity index (χ2n) is 11.7. The molecule has 1 aromatic carbocycles. The molecule has 2 saturated heterocycles. The summed E-state index contributed by atoms with van der Waals surface area (Å²) in [7, 11) is 0. The number of halogens is 3. The van der Waals surface area contributed by atoms with E-state index in [1.165, 1.54) is 4.90 Å². The van der Waals surface area contributed by atoms with E-state index in [9.17, 15) is 32.8 Å². The monoisotopic (exact) mass is 628 g/mol. The molecular weight excluding hydrogens is 589 g/mol. The number of nitriles is 1. The van der Waals surface area contributed by atoms with Gasteiger partial charge in [0.05, 0.1) is 35.1 Å². The van der Waals surface area contributed by atoms with Gasteiger partial charge in [-0.1, -0.05) is 31.5 Å². The third-order valence-corrected chi connectivity index (χ3v) is 8.89. The smallest absolute Gasteiger partial charge is 0.417 e. The van der Waals surface area contributed by atoms with E-state index in [1.54, 1.807) is 11.0 Å². The lowest BCUT2D eigenvalue weighted by Crippen LogP contribution is -2.55. The van der Waals surface area contributed by atoms with E-state index >= 15 is 0 Å². The quantitative estimate of drug-likeness (QED) is 0.310. The molecule has 1 aromatic heterocycles. The molecule has 0 aliphatic carbocycles. The van der Waals surface area contributed by atoms with Crippen molar-refractivity contribution in [3.63, 3.8) is 0 Å². The van der Waals surface area contributed by atoms with Crippen LogP contribution in [0.2, 0.25) is 0 Å². The summed E-state index contributed by atoms with van der Waals surface area (Å²) in [5.74, 6) is -1.79. The van der Waals surface area contributed by atoms with Gasteiger partial charge < -0.3 is 19.6 Å². The van der Waals surface area contributed by atoms with Gasteiger partial charge in [-0.3, -0.25) is 19.4 Å². The summed E-state index contributed by atoms with van der Waals surface area (Å²) in [5.41, 5.74) is -1.72. The van der Waals surface area contributed by atoms with Gasteiger partial charge in [0.2, 0.25) is 5.91 Å². The van der Waals surface area contributed by atoms with Crippen LogP contribution in [0.25, 0.3) is 0 Å². The third-order valence-electron chi connectivity index (χ3n) is 8.89. The first-order valence-electron chi connectivity index (χ1n) is 15.5. The number of carbonyl (C=O) groups is 3. The average Bonchev–Trinajstić information content (AvgIpc) is 3.04. The lowest BCUT2D eigenvalue weighted by Gasteiger charge is -2.44. The Labute approximate surface area is 261 Å². The van der Waals surface area contributed by atoms with E-state index in [0.29, 0.717) is 76.8 Å². The number of piperidine rings is 2. The minimum absolute atomic E-state index is 0.0566. The lowest BCUT2D eigenvalue weighted by atomic mass is 9.73. The number of alkyl halides is 3. The second-order valence-corrected chi connectivity index (χ2v) is 11.7. The molecule has 0 spiro atoms. The number of ether oxygens (including phenoxy) is 1. The Bertz CT molecular complexity index is 1400. The highest BCUT2D eigenvalue weighted by Gasteiger charge is 2.45. The number of pyridine rings is 1. The van der Waals surface area contributed by atoms with Crippen LogP contribution in [0.4, 0.5) is 13.2 Å². The Morgan fingerprint density at radius 2 is 1.87 bits per heavy atom. The fourth-order valence-corrected chi connectivity index (χ4v) is 6.55. The number of likely N-dealkylation sites (tertiary alicyclic amines) is 2. The van der Waals surface area contributed by atoms with Gasteiger partial charge >= 0.3 is 12.1 Å². The number of carbonyl (C=O) groups excluding carboxylic acids is 2. The highest BCUT2D eigenvalue weighted by atomic mass is 19.4. The minimum atomic E-state index is -4.72. The Balaban J connectivity index is 1.48. The Morgan fingerprint density at radius 3 is 2.53 bits per heavy atom. The number of hydrogen-bond acceptors (Lipinski definition) is 6. The van der Waals surface area contributed by atoms with Crippen LogP contribution in [-0.2, 0) is 21.2 Å². The largest absolute Gasteiger partial charge is 0.493 e. The van der Waals surface area contributed by atoms with Crippen molar-refractivity contribution in [2.75, 3.05) is 26.2 Å². The second kappa shape index (κ2) is 14.8. The van der Waals surface area contributed by atoms with E-state index in [4.69, 9.17) is 9.84 Å². The van der Waals surface area contributed by atoms with E-state index in [2.05, 4.69) is 11.1 Å². The molecule has 242 valence electrons. The molecule has 3 heterocycles. The molecule has 2 atom stereocenters. The molecule has 0 bridgehead atoms. The number of unbranched alkanes of at least 4 members (excludes halogenated alkanes) is 1. The normalized spacial score (nSPS) is 19.9. The lowest BCUT2D eigenvalue weighted by molar-refractivity contribution is -0.141. The number of rotatable bonds is 11. The van der Waals surface area contributed by atoms with Crippen molar-refractivity contribution in [3.05, 3.63) is 59.4 Å². The van der Waals surface area contributed by atoms with Crippen LogP contribution in [-0.4, -0.2) is 70.0 Å². The predicted molar refractivity (Wildman–Crippen MR) is 158 cm³/mol. The SMILES string of the molecule is CCCC1C(C(=O)N2CCC(C#N)(c3ccccc3OCCCCC(=O)O)CC2)CCCN1C(=O)c1cnccc1C(F)(F)F. The molecule has 2 amide bonds. The summed E-state index contributed by atoms with van der Waals surface area (Å²) in [6.07, 6.45) is 1.18. The number of hydrogen-bond donors (Lipinski definition) is 1. The van der Waals surface area contributed by atoms with Gasteiger partial charge in [-0.15, -0.1) is 0 Å². The highest BCUT2D eigenvalue weighted by molar-refractivity contribution is 5.96. The number of aromatic nitrogens is 1. The van der Waals surface area contributed by atoms with E-state index in [-0.39, 0.29) is 18.9 Å². The Kier molecular flexibility index (Phi) is 11.1. The molecule has 4 rings (SSSR count). The van der Waals surface area contributed by atoms with Crippen LogP contribution in [0.5, 0.6) is 5.75 Å². The molecule has 12 heteroatoms. The summed E-state index contributed by atoms with van der Waals surface area (Å²) in [5, 5.41) is 19.2. The number of nitrogens with zero attached hydrogens (tertiary/aromatic N) is 4. The van der Waals surface area contributed by atoms with Crippen LogP contribution in [0.1, 0.15) is 86.2 Å². The molecule has 0 radical (unpaired) electrons. The van der Waals surface area contributed by atoms with Gasteiger partial charge in [-0.05, 0) is 57.1 Å². The number of amides is 2. The zero-order valence-electron chi connectivity index (χ0n) is 25.4. The molecule has 1 N–H and O–H groups in total. The van der Waals surface area contributed by atoms with Crippen LogP contribution in [0, 0.1) is 17.2 Å². The molecule has 2 aromatic rings. The molecule has 2 unspecified atom stereocenters. The maximum absolute atomic E-state index is 14.0. The zero-order chi connectivity index (χ0) is 32.6. The van der Waals surface area contributed by atoms with Crippen LogP contribution in [0.15, 0.2) is 42.7 Å². The molecule has 0 saturated carbocycles. The summed E-state index contributed by atoms with van der Waals surface area (Å²) in [4.78, 5) is 45.2. The van der Waals surface area contributed by atoms with E-state index in [0.717, 1.165) is 24.0 Å². The van der Waals surface area contributed by atoms with Gasteiger partial charge in [0.25, 0.3) is 5.91 Å². The summed E-state index contributed by atoms with van der Waals surface area (Å²) in [6.45, 7) is 3.10. The molecule has 45 heavy (non-hydrogen) atoms. The number of carboxylic acids is 1. The third kappa shape index (κ3) is 7.75. The van der Waals surface area contributed by atoms with E-state index < -0.39 is 46.6 Å². The van der Waals surface area contributed by atoms with Crippen LogP contribution >= 0.6 is 0 Å². The van der Waals surface area contributed by atoms with E-state index in [1.807, 2.05) is 25.1 Å². The van der Waals surface area contributed by atoms with Crippen LogP contribution in [0.3, 0.4) is 0 Å². The van der Waals surface area contributed by atoms with Gasteiger partial charge in [-0.25, -0.2) is 0 Å². The van der Waals surface area contributed by atoms with Crippen molar-refractivity contribution in [2.24, 2.45) is 5.92 Å². The molecule has 2 fully saturated rings. The minimum Gasteiger partial charge on any atom is -0.493 e. The standard InChI is InChI=1S/C33H39F3N4O5/c1-2-8-27-23(9-7-17-40(27)31(44)24-21-38-16-13-25(24)33(34,35)36)30(43)39-18-14-32(22-37,15-19-39)26-10-3-4-11-28(26)45-20-6-5-12-29(41)42/h3-4,10-11,13,16,21,23,27H,2,5-9,12,14-15,17-20H2,1H3,(H,41,42). The molecule has 2 aliphatic heterocycles. The number of benzene rings is 1. The zero-order valence-corrected chi connectivity index (χ0v) is 25.4. The first kappa shape index (κ1) is 33.7. The number of aliphatic carboxylic acids is 1. The Morgan fingerprint density at radius 1 is 1.13 bits per heavy atom. The molecular formula is C33H39F3N4O5. The highest BCUT2D eigenvalue weighted by Crippen LogP contribution is 2.41. The Hall–Kier alpha value is -4.14. The fourth-order valence-electron chi connectivity index (χ4n) is 6.55. The fraction of sp³-hybridized carbons (Fsp3) is 0.545. The van der Waals surface area contributed by atoms with Crippen LogP contribution < -0.4 is 4.74 Å². The average molecular weight is 629 g/mol. The first-order chi connectivity index (χ1) is 21.5. The maximum Gasteiger partial charge on any atom is 0.417 e. The van der Waals surface area contributed by atoms with Crippen molar-refractivity contribution < 1.29 is 37.4 Å². The van der Waals surface area contributed by atoms with Crippen molar-refractivity contribution in [1.82, 2.24) is 14.8 Å². The first-order valence-corrected chi connectivity index (χ1v) is 15.5.